The van der Waals surface area contributed by atoms with Crippen LogP contribution >= 0.6 is 11.6 Å². The Balaban J connectivity index is 1.30. The van der Waals surface area contributed by atoms with Crippen molar-refractivity contribution in [1.82, 2.24) is 4.90 Å². The number of hydrogen-bond donors (Lipinski definition) is 1. The molecule has 4 rings (SSSR count). The maximum absolute atomic E-state index is 12.5. The second-order valence-electron chi connectivity index (χ2n) is 8.92. The SMILES string of the molecule is CC(C)Oc1ccc(Cl)c(CC2CCN(CC3Cc4ccccc4NC3=O)CC2)c1. The van der Waals surface area contributed by atoms with Gasteiger partial charge < -0.3 is 15.0 Å². The van der Waals surface area contributed by atoms with Gasteiger partial charge in [-0.3, -0.25) is 4.79 Å². The first kappa shape index (κ1) is 21.2. The van der Waals surface area contributed by atoms with Gasteiger partial charge in [0.15, 0.2) is 0 Å². The second kappa shape index (κ2) is 9.40. The third kappa shape index (κ3) is 5.16. The fourth-order valence-electron chi connectivity index (χ4n) is 4.61. The maximum Gasteiger partial charge on any atom is 0.229 e. The van der Waals surface area contributed by atoms with E-state index in [1.54, 1.807) is 0 Å². The van der Waals surface area contributed by atoms with Crippen molar-refractivity contribution in [2.24, 2.45) is 11.8 Å². The molecule has 4 nitrogen and oxygen atoms in total. The standard InChI is InChI=1S/C25H31ClN2O2/c1-17(2)30-22-7-8-23(26)20(15-22)13-18-9-11-28(12-10-18)16-21-14-19-5-3-4-6-24(19)27-25(21)29/h3-8,15,17-18,21H,9-14,16H2,1-2H3,(H,27,29). The Morgan fingerprint density at radius 2 is 1.93 bits per heavy atom. The Hall–Kier alpha value is -2.04. The number of benzene rings is 2. The van der Waals surface area contributed by atoms with Crippen LogP contribution in [0.3, 0.4) is 0 Å². The van der Waals surface area contributed by atoms with Gasteiger partial charge in [-0.2, -0.15) is 0 Å². The van der Waals surface area contributed by atoms with Gasteiger partial charge in [0.1, 0.15) is 5.75 Å². The van der Waals surface area contributed by atoms with Crippen molar-refractivity contribution in [3.05, 3.63) is 58.6 Å². The molecule has 0 saturated carbocycles. The zero-order valence-corrected chi connectivity index (χ0v) is 18.6. The van der Waals surface area contributed by atoms with Crippen LogP contribution in [0.15, 0.2) is 42.5 Å². The summed E-state index contributed by atoms with van der Waals surface area (Å²) in [7, 11) is 0. The monoisotopic (exact) mass is 426 g/mol. The lowest BCUT2D eigenvalue weighted by molar-refractivity contribution is -0.120. The van der Waals surface area contributed by atoms with Crippen molar-refractivity contribution in [2.75, 3.05) is 25.0 Å². The number of carbonyl (C=O) groups is 1. The summed E-state index contributed by atoms with van der Waals surface area (Å²) in [5.74, 6) is 1.71. The van der Waals surface area contributed by atoms with Crippen LogP contribution in [0, 0.1) is 11.8 Å². The van der Waals surface area contributed by atoms with Crippen molar-refractivity contribution in [2.45, 2.75) is 45.6 Å². The third-order valence-electron chi connectivity index (χ3n) is 6.20. The van der Waals surface area contributed by atoms with Crippen molar-refractivity contribution in [3.63, 3.8) is 0 Å². The largest absolute Gasteiger partial charge is 0.491 e. The number of anilines is 1. The number of fused-ring (bicyclic) bond motifs is 1. The molecule has 30 heavy (non-hydrogen) atoms. The molecule has 1 amide bonds. The van der Waals surface area contributed by atoms with Gasteiger partial charge in [0.25, 0.3) is 0 Å². The molecule has 2 aromatic rings. The van der Waals surface area contributed by atoms with E-state index in [0.717, 1.165) is 61.8 Å². The summed E-state index contributed by atoms with van der Waals surface area (Å²) in [6, 6.07) is 14.1. The number of halogens is 1. The maximum atomic E-state index is 12.5. The molecule has 1 N–H and O–H groups in total. The number of para-hydroxylation sites is 1. The molecular weight excluding hydrogens is 396 g/mol. The van der Waals surface area contributed by atoms with Crippen LogP contribution in [0.4, 0.5) is 5.69 Å². The number of ether oxygens (including phenoxy) is 1. The summed E-state index contributed by atoms with van der Waals surface area (Å²) in [6.07, 6.45) is 4.25. The van der Waals surface area contributed by atoms with E-state index < -0.39 is 0 Å². The van der Waals surface area contributed by atoms with Crippen molar-refractivity contribution in [3.8, 4) is 5.75 Å². The van der Waals surface area contributed by atoms with Crippen molar-refractivity contribution in [1.29, 1.82) is 0 Å². The molecular formula is C25H31ClN2O2. The van der Waals surface area contributed by atoms with Crippen molar-refractivity contribution >= 4 is 23.2 Å². The molecule has 1 atom stereocenters. The predicted molar refractivity (Wildman–Crippen MR) is 122 cm³/mol. The molecule has 0 aliphatic carbocycles. The number of piperidine rings is 1. The van der Waals surface area contributed by atoms with Gasteiger partial charge in [0, 0.05) is 17.3 Å². The predicted octanol–water partition coefficient (Wildman–Crippen LogP) is 5.19. The smallest absolute Gasteiger partial charge is 0.229 e. The number of carbonyl (C=O) groups excluding carboxylic acids is 1. The Bertz CT molecular complexity index is 890. The molecule has 2 aromatic carbocycles. The van der Waals surface area contributed by atoms with E-state index in [9.17, 15) is 4.79 Å². The quantitative estimate of drug-likeness (QED) is 0.690. The molecule has 0 bridgehead atoms. The van der Waals surface area contributed by atoms with Crippen molar-refractivity contribution < 1.29 is 9.53 Å². The fourth-order valence-corrected chi connectivity index (χ4v) is 4.80. The van der Waals surface area contributed by atoms with Gasteiger partial charge in [-0.05, 0) is 93.9 Å². The number of hydrogen-bond acceptors (Lipinski definition) is 3. The zero-order chi connectivity index (χ0) is 21.1. The first-order valence-corrected chi connectivity index (χ1v) is 11.4. The summed E-state index contributed by atoms with van der Waals surface area (Å²) < 4.78 is 5.83. The highest BCUT2D eigenvalue weighted by Gasteiger charge is 2.29. The number of amides is 1. The topological polar surface area (TPSA) is 41.6 Å². The molecule has 2 aliphatic heterocycles. The highest BCUT2D eigenvalue weighted by Crippen LogP contribution is 2.30. The lowest BCUT2D eigenvalue weighted by Gasteiger charge is -2.35. The molecule has 0 spiro atoms. The molecule has 0 radical (unpaired) electrons. The van der Waals surface area contributed by atoms with Crippen LogP contribution < -0.4 is 10.1 Å². The molecule has 0 aromatic heterocycles. The normalized spacial score (nSPS) is 20.1. The van der Waals surface area contributed by atoms with Crippen LogP contribution in [0.5, 0.6) is 5.75 Å². The van der Waals surface area contributed by atoms with E-state index in [-0.39, 0.29) is 17.9 Å². The van der Waals surface area contributed by atoms with Crippen LogP contribution in [-0.4, -0.2) is 36.5 Å². The Morgan fingerprint density at radius 1 is 1.17 bits per heavy atom. The highest BCUT2D eigenvalue weighted by atomic mass is 35.5. The summed E-state index contributed by atoms with van der Waals surface area (Å²) in [5, 5.41) is 3.90. The van der Waals surface area contributed by atoms with E-state index in [1.165, 1.54) is 11.1 Å². The van der Waals surface area contributed by atoms with Crippen LogP contribution in [0.25, 0.3) is 0 Å². The molecule has 1 saturated heterocycles. The highest BCUT2D eigenvalue weighted by molar-refractivity contribution is 6.31. The Morgan fingerprint density at radius 3 is 2.70 bits per heavy atom. The van der Waals surface area contributed by atoms with Gasteiger partial charge in [0.2, 0.25) is 5.91 Å². The van der Waals surface area contributed by atoms with E-state index in [1.807, 2.05) is 44.2 Å². The lowest BCUT2D eigenvalue weighted by atomic mass is 9.88. The molecule has 1 fully saturated rings. The number of rotatable bonds is 6. The first-order chi connectivity index (χ1) is 14.5. The van der Waals surface area contributed by atoms with Gasteiger partial charge in [-0.1, -0.05) is 29.8 Å². The summed E-state index contributed by atoms with van der Waals surface area (Å²) in [6.45, 7) is 6.99. The minimum Gasteiger partial charge on any atom is -0.491 e. The molecule has 2 aliphatic rings. The molecule has 2 heterocycles. The number of nitrogens with one attached hydrogen (secondary N) is 1. The molecule has 1 unspecified atom stereocenters. The Kier molecular flexibility index (Phi) is 6.64. The van der Waals surface area contributed by atoms with E-state index >= 15 is 0 Å². The minimum atomic E-state index is 0.0377. The minimum absolute atomic E-state index is 0.0377. The summed E-state index contributed by atoms with van der Waals surface area (Å²) >= 11 is 6.46. The first-order valence-electron chi connectivity index (χ1n) is 11.0. The van der Waals surface area contributed by atoms with Crippen LogP contribution in [0.2, 0.25) is 5.02 Å². The Labute approximate surface area is 184 Å². The lowest BCUT2D eigenvalue weighted by Crippen LogP contribution is -2.42. The van der Waals surface area contributed by atoms with Crippen LogP contribution in [0.1, 0.15) is 37.8 Å². The fraction of sp³-hybridized carbons (Fsp3) is 0.480. The second-order valence-corrected chi connectivity index (χ2v) is 9.32. The van der Waals surface area contributed by atoms with E-state index in [2.05, 4.69) is 22.3 Å². The average molecular weight is 427 g/mol. The van der Waals surface area contributed by atoms with Gasteiger partial charge in [-0.25, -0.2) is 0 Å². The average Bonchev–Trinajstić information content (AvgIpc) is 2.72. The zero-order valence-electron chi connectivity index (χ0n) is 17.9. The molecule has 5 heteroatoms. The van der Waals surface area contributed by atoms with E-state index in [4.69, 9.17) is 16.3 Å². The van der Waals surface area contributed by atoms with Gasteiger partial charge >= 0.3 is 0 Å². The van der Waals surface area contributed by atoms with Crippen LogP contribution in [-0.2, 0) is 17.6 Å². The third-order valence-corrected chi connectivity index (χ3v) is 6.56. The number of nitrogens with zero attached hydrogens (tertiary/aromatic N) is 1. The number of likely N-dealkylation sites (tertiary alicyclic amines) is 1. The van der Waals surface area contributed by atoms with E-state index in [0.29, 0.717) is 5.92 Å². The van der Waals surface area contributed by atoms with Gasteiger partial charge in [0.05, 0.1) is 12.0 Å². The van der Waals surface area contributed by atoms with Gasteiger partial charge in [-0.15, -0.1) is 0 Å². The summed E-state index contributed by atoms with van der Waals surface area (Å²) in [4.78, 5) is 15.0. The summed E-state index contributed by atoms with van der Waals surface area (Å²) in [5.41, 5.74) is 3.39. The molecule has 160 valence electrons.